The van der Waals surface area contributed by atoms with Crippen LogP contribution in [0.25, 0.3) is 83.3 Å². The molecule has 0 atom stereocenters. The van der Waals surface area contributed by atoms with E-state index in [9.17, 15) is 0 Å². The van der Waals surface area contributed by atoms with Gasteiger partial charge in [0.15, 0.2) is 5.82 Å². The lowest BCUT2D eigenvalue weighted by molar-refractivity contribution is 0.669. The van der Waals surface area contributed by atoms with Gasteiger partial charge in [-0.15, -0.1) is 0 Å². The van der Waals surface area contributed by atoms with E-state index in [1.807, 2.05) is 18.2 Å². The predicted octanol–water partition coefficient (Wildman–Crippen LogP) is 9.61. The second-order valence-electron chi connectivity index (χ2n) is 13.0. The molecule has 222 valence electrons. The highest BCUT2D eigenvalue weighted by atomic mass is 28.3. The molecule has 1 aliphatic rings. The van der Waals surface area contributed by atoms with Gasteiger partial charge in [-0.1, -0.05) is 122 Å². The lowest BCUT2D eigenvalue weighted by Crippen LogP contribution is -2.50. The minimum absolute atomic E-state index is 0.754. The fourth-order valence-electron chi connectivity index (χ4n) is 7.84. The number of nitrogens with zero attached hydrogens (tertiary/aromatic N) is 3. The third-order valence-corrected chi connectivity index (χ3v) is 13.5. The highest BCUT2D eigenvalue weighted by Gasteiger charge is 2.42. The molecule has 3 aromatic heterocycles. The first-order chi connectivity index (χ1) is 23.1. The van der Waals surface area contributed by atoms with Crippen LogP contribution in [0.2, 0.25) is 13.1 Å². The molecular formula is C42H29N3OSi. The van der Waals surface area contributed by atoms with E-state index in [0.29, 0.717) is 0 Å². The number of fused-ring (bicyclic) bond motifs is 9. The van der Waals surface area contributed by atoms with E-state index in [1.165, 1.54) is 26.7 Å². The Morgan fingerprint density at radius 2 is 1.19 bits per heavy atom. The van der Waals surface area contributed by atoms with Crippen LogP contribution in [0, 0.1) is 0 Å². The molecule has 0 radical (unpaired) electrons. The van der Waals surface area contributed by atoms with Gasteiger partial charge in [0.1, 0.15) is 19.2 Å². The van der Waals surface area contributed by atoms with E-state index < -0.39 is 8.07 Å². The molecule has 9 aromatic rings. The van der Waals surface area contributed by atoms with Crippen LogP contribution in [0.5, 0.6) is 0 Å². The average molecular weight is 620 g/mol. The van der Waals surface area contributed by atoms with E-state index in [0.717, 1.165) is 67.0 Å². The van der Waals surface area contributed by atoms with Crippen molar-refractivity contribution in [2.45, 2.75) is 13.1 Å². The zero-order valence-electron chi connectivity index (χ0n) is 26.0. The Balaban J connectivity index is 1.32. The maximum absolute atomic E-state index is 6.36. The molecular weight excluding hydrogens is 591 g/mol. The van der Waals surface area contributed by atoms with Crippen molar-refractivity contribution in [3.05, 3.63) is 140 Å². The molecule has 0 spiro atoms. The van der Waals surface area contributed by atoms with Gasteiger partial charge in [0.25, 0.3) is 0 Å². The molecule has 0 N–H and O–H groups in total. The van der Waals surface area contributed by atoms with Crippen molar-refractivity contribution in [3.63, 3.8) is 0 Å². The van der Waals surface area contributed by atoms with Crippen molar-refractivity contribution >= 4 is 62.2 Å². The molecule has 4 nitrogen and oxygen atoms in total. The van der Waals surface area contributed by atoms with Crippen LogP contribution in [0.1, 0.15) is 0 Å². The SMILES string of the molecule is C[Si]1(C)c2ccccc2-c2nc(-c3ccccc3)nc(-c3ccccc3-n3c4ccccc4c4cc5oc6ccccc6c5cc43)c21. The fourth-order valence-corrected chi connectivity index (χ4v) is 11.1. The highest BCUT2D eigenvalue weighted by Crippen LogP contribution is 2.41. The van der Waals surface area contributed by atoms with E-state index >= 15 is 0 Å². The van der Waals surface area contributed by atoms with Crippen LogP contribution in [0.4, 0.5) is 0 Å². The largest absolute Gasteiger partial charge is 0.456 e. The Hall–Kier alpha value is -5.78. The monoisotopic (exact) mass is 619 g/mol. The Labute approximate surface area is 272 Å². The summed E-state index contributed by atoms with van der Waals surface area (Å²) in [6.45, 7) is 4.88. The second-order valence-corrected chi connectivity index (χ2v) is 17.3. The maximum atomic E-state index is 6.36. The fraction of sp³-hybridized carbons (Fsp3) is 0.0476. The molecule has 0 unspecified atom stereocenters. The topological polar surface area (TPSA) is 43.9 Å². The summed E-state index contributed by atoms with van der Waals surface area (Å²) in [5.41, 5.74) is 10.7. The molecule has 1 aliphatic heterocycles. The summed E-state index contributed by atoms with van der Waals surface area (Å²) in [5.74, 6) is 0.754. The molecule has 0 aliphatic carbocycles. The van der Waals surface area contributed by atoms with Crippen molar-refractivity contribution in [1.29, 1.82) is 0 Å². The van der Waals surface area contributed by atoms with Gasteiger partial charge in [-0.3, -0.25) is 0 Å². The summed E-state index contributed by atoms with van der Waals surface area (Å²) < 4.78 is 8.78. The lowest BCUT2D eigenvalue weighted by atomic mass is 10.0. The molecule has 0 amide bonds. The standard InChI is InChI=1S/C42H29N3OSi/c1-47(2)38-23-13-9-19-30(38)40-41(47)39(43-42(44-40)26-14-4-3-5-15-26)29-18-7-11-21-34(29)45-33-20-10-6-16-27(33)31-25-37-32(24-35(31)45)28-17-8-12-22-36(28)46-37/h3-25H,1-2H3. The van der Waals surface area contributed by atoms with E-state index in [2.05, 4.69) is 139 Å². The zero-order valence-corrected chi connectivity index (χ0v) is 27.0. The third-order valence-electron chi connectivity index (χ3n) is 9.99. The molecule has 0 saturated carbocycles. The van der Waals surface area contributed by atoms with Crippen molar-refractivity contribution in [1.82, 2.24) is 14.5 Å². The van der Waals surface area contributed by atoms with Crippen LogP contribution in [0.3, 0.4) is 0 Å². The van der Waals surface area contributed by atoms with Crippen molar-refractivity contribution in [2.75, 3.05) is 0 Å². The maximum Gasteiger partial charge on any atom is 0.160 e. The van der Waals surface area contributed by atoms with Crippen molar-refractivity contribution in [2.24, 2.45) is 0 Å². The number of hydrogen-bond acceptors (Lipinski definition) is 3. The summed E-state index contributed by atoms with van der Waals surface area (Å²) >= 11 is 0. The first kappa shape index (κ1) is 26.4. The van der Waals surface area contributed by atoms with Gasteiger partial charge in [0.05, 0.1) is 28.1 Å². The Kier molecular flexibility index (Phi) is 5.41. The smallest absolute Gasteiger partial charge is 0.160 e. The van der Waals surface area contributed by atoms with Gasteiger partial charge in [-0.2, -0.15) is 0 Å². The summed E-state index contributed by atoms with van der Waals surface area (Å²) in [6.07, 6.45) is 0. The number of rotatable bonds is 3. The second kappa shape index (κ2) is 9.61. The molecule has 47 heavy (non-hydrogen) atoms. The molecule has 0 bridgehead atoms. The van der Waals surface area contributed by atoms with Gasteiger partial charge in [0.2, 0.25) is 0 Å². The summed E-state index contributed by atoms with van der Waals surface area (Å²) in [6, 6.07) is 49.5. The van der Waals surface area contributed by atoms with Crippen molar-refractivity contribution < 1.29 is 4.42 Å². The average Bonchev–Trinajstić information content (AvgIpc) is 3.72. The first-order valence-electron chi connectivity index (χ1n) is 16.1. The van der Waals surface area contributed by atoms with Gasteiger partial charge in [-0.05, 0) is 46.3 Å². The van der Waals surface area contributed by atoms with Crippen LogP contribution >= 0.6 is 0 Å². The Morgan fingerprint density at radius 1 is 0.532 bits per heavy atom. The normalized spacial score (nSPS) is 13.5. The molecule has 10 rings (SSSR count). The summed E-state index contributed by atoms with van der Waals surface area (Å²) in [5, 5.41) is 7.32. The number of furan rings is 1. The van der Waals surface area contributed by atoms with Crippen LogP contribution in [-0.2, 0) is 0 Å². The van der Waals surface area contributed by atoms with Gasteiger partial charge in [-0.25, -0.2) is 9.97 Å². The quantitative estimate of drug-likeness (QED) is 0.185. The lowest BCUT2D eigenvalue weighted by Gasteiger charge is -2.23. The number of para-hydroxylation sites is 3. The van der Waals surface area contributed by atoms with E-state index in [4.69, 9.17) is 14.4 Å². The minimum atomic E-state index is -2.15. The van der Waals surface area contributed by atoms with Crippen LogP contribution < -0.4 is 10.4 Å². The molecule has 0 fully saturated rings. The number of hydrogen-bond donors (Lipinski definition) is 0. The molecule has 4 heterocycles. The number of benzene rings is 6. The van der Waals surface area contributed by atoms with Gasteiger partial charge >= 0.3 is 0 Å². The zero-order chi connectivity index (χ0) is 31.3. The highest BCUT2D eigenvalue weighted by molar-refractivity contribution is 7.04. The minimum Gasteiger partial charge on any atom is -0.456 e. The molecule has 6 aromatic carbocycles. The van der Waals surface area contributed by atoms with Crippen molar-refractivity contribution in [3.8, 4) is 39.6 Å². The Bertz CT molecular complexity index is 2720. The van der Waals surface area contributed by atoms with Crippen LogP contribution in [0.15, 0.2) is 144 Å². The van der Waals surface area contributed by atoms with Crippen LogP contribution in [-0.4, -0.2) is 22.6 Å². The number of aromatic nitrogens is 3. The summed E-state index contributed by atoms with van der Waals surface area (Å²) in [7, 11) is -2.15. The third kappa shape index (κ3) is 3.69. The van der Waals surface area contributed by atoms with E-state index in [1.54, 1.807) is 0 Å². The van der Waals surface area contributed by atoms with Gasteiger partial charge < -0.3 is 8.98 Å². The predicted molar refractivity (Wildman–Crippen MR) is 197 cm³/mol. The first-order valence-corrected chi connectivity index (χ1v) is 19.1. The summed E-state index contributed by atoms with van der Waals surface area (Å²) in [4.78, 5) is 10.8. The van der Waals surface area contributed by atoms with Gasteiger partial charge in [0, 0.05) is 32.7 Å². The molecule has 0 saturated heterocycles. The Morgan fingerprint density at radius 3 is 2.04 bits per heavy atom. The van der Waals surface area contributed by atoms with E-state index in [-0.39, 0.29) is 0 Å². The molecule has 5 heteroatoms.